The van der Waals surface area contributed by atoms with Gasteiger partial charge in [0, 0.05) is 23.9 Å². The summed E-state index contributed by atoms with van der Waals surface area (Å²) >= 11 is 1.66. The zero-order chi connectivity index (χ0) is 18.0. The summed E-state index contributed by atoms with van der Waals surface area (Å²) in [4.78, 5) is 16.0. The van der Waals surface area contributed by atoms with Gasteiger partial charge in [-0.15, -0.1) is 11.3 Å². The summed E-state index contributed by atoms with van der Waals surface area (Å²) in [6.07, 6.45) is 0. The second kappa shape index (κ2) is 7.68. The standard InChI is InChI=1S/C20H27N3OS/c1-13-14(2)20(25-15(13)3)22-19(24)12-23-10-17(9-21)18(11-23)16-7-5-4-6-8-16/h4-8,17-18H,9-12,21H2,1-3H3,(H,22,24)/t17-,18+/m1/s1. The van der Waals surface area contributed by atoms with E-state index in [0.717, 1.165) is 18.1 Å². The molecule has 1 aliphatic heterocycles. The predicted octanol–water partition coefficient (Wildman–Crippen LogP) is 3.29. The normalized spacial score (nSPS) is 20.8. The maximum Gasteiger partial charge on any atom is 0.239 e. The highest BCUT2D eigenvalue weighted by Crippen LogP contribution is 2.33. The van der Waals surface area contributed by atoms with E-state index < -0.39 is 0 Å². The highest BCUT2D eigenvalue weighted by molar-refractivity contribution is 7.16. The monoisotopic (exact) mass is 357 g/mol. The van der Waals surface area contributed by atoms with Gasteiger partial charge in [-0.3, -0.25) is 9.69 Å². The van der Waals surface area contributed by atoms with Gasteiger partial charge in [0.1, 0.15) is 0 Å². The lowest BCUT2D eigenvalue weighted by atomic mass is 9.89. The van der Waals surface area contributed by atoms with Gasteiger partial charge in [0.2, 0.25) is 5.91 Å². The average Bonchev–Trinajstić information content (AvgIpc) is 3.12. The van der Waals surface area contributed by atoms with Crippen LogP contribution in [-0.4, -0.2) is 37.0 Å². The summed E-state index contributed by atoms with van der Waals surface area (Å²) in [7, 11) is 0. The van der Waals surface area contributed by atoms with Crippen molar-refractivity contribution in [3.63, 3.8) is 0 Å². The van der Waals surface area contributed by atoms with Crippen molar-refractivity contribution in [3.05, 3.63) is 51.9 Å². The van der Waals surface area contributed by atoms with E-state index in [9.17, 15) is 4.79 Å². The fourth-order valence-electron chi connectivity index (χ4n) is 3.64. The summed E-state index contributed by atoms with van der Waals surface area (Å²) in [5.41, 5.74) is 9.76. The van der Waals surface area contributed by atoms with Crippen LogP contribution in [0.5, 0.6) is 0 Å². The van der Waals surface area contributed by atoms with Crippen molar-refractivity contribution < 1.29 is 4.79 Å². The van der Waals surface area contributed by atoms with Crippen LogP contribution in [0.1, 0.15) is 27.5 Å². The number of carbonyl (C=O) groups excluding carboxylic acids is 1. The largest absolute Gasteiger partial charge is 0.330 e. The first kappa shape index (κ1) is 18.1. The second-order valence-corrected chi connectivity index (χ2v) is 8.22. The first-order valence-corrected chi connectivity index (χ1v) is 9.65. The third-order valence-electron chi connectivity index (χ3n) is 5.35. The average molecular weight is 358 g/mol. The van der Waals surface area contributed by atoms with E-state index in [4.69, 9.17) is 5.73 Å². The lowest BCUT2D eigenvalue weighted by Crippen LogP contribution is -2.32. The number of hydrogen-bond donors (Lipinski definition) is 2. The smallest absolute Gasteiger partial charge is 0.239 e. The van der Waals surface area contributed by atoms with Crippen LogP contribution >= 0.6 is 11.3 Å². The summed E-state index contributed by atoms with van der Waals surface area (Å²) in [6, 6.07) is 10.5. The molecule has 0 saturated carbocycles. The Morgan fingerprint density at radius 1 is 1.20 bits per heavy atom. The molecule has 1 aromatic carbocycles. The molecule has 0 spiro atoms. The Morgan fingerprint density at radius 2 is 1.92 bits per heavy atom. The fourth-order valence-corrected chi connectivity index (χ4v) is 4.72. The number of benzene rings is 1. The van der Waals surface area contributed by atoms with Gasteiger partial charge in [-0.1, -0.05) is 30.3 Å². The van der Waals surface area contributed by atoms with Crippen LogP contribution in [-0.2, 0) is 4.79 Å². The Morgan fingerprint density at radius 3 is 2.52 bits per heavy atom. The molecule has 2 atom stereocenters. The number of nitrogens with zero attached hydrogens (tertiary/aromatic N) is 1. The molecule has 1 aliphatic rings. The topological polar surface area (TPSA) is 58.4 Å². The molecule has 134 valence electrons. The molecule has 0 radical (unpaired) electrons. The molecule has 2 heterocycles. The van der Waals surface area contributed by atoms with Crippen molar-refractivity contribution in [3.8, 4) is 0 Å². The third-order valence-corrected chi connectivity index (χ3v) is 6.58. The highest BCUT2D eigenvalue weighted by Gasteiger charge is 2.33. The Bertz CT molecular complexity index is 741. The van der Waals surface area contributed by atoms with E-state index in [1.54, 1.807) is 11.3 Å². The number of nitrogens with one attached hydrogen (secondary N) is 1. The number of nitrogens with two attached hydrogens (primary N) is 1. The summed E-state index contributed by atoms with van der Waals surface area (Å²) < 4.78 is 0. The van der Waals surface area contributed by atoms with Crippen molar-refractivity contribution in [2.75, 3.05) is 31.5 Å². The van der Waals surface area contributed by atoms with E-state index in [1.807, 2.05) is 6.07 Å². The molecule has 2 aromatic rings. The summed E-state index contributed by atoms with van der Waals surface area (Å²) in [6.45, 7) is 9.12. The van der Waals surface area contributed by atoms with E-state index in [0.29, 0.717) is 24.9 Å². The molecule has 3 N–H and O–H groups in total. The Balaban J connectivity index is 1.63. The number of anilines is 1. The minimum absolute atomic E-state index is 0.0637. The van der Waals surface area contributed by atoms with Gasteiger partial charge in [0.05, 0.1) is 11.5 Å². The first-order valence-electron chi connectivity index (χ1n) is 8.83. The zero-order valence-electron chi connectivity index (χ0n) is 15.2. The fraction of sp³-hybridized carbons (Fsp3) is 0.450. The molecule has 1 saturated heterocycles. The lowest BCUT2D eigenvalue weighted by Gasteiger charge is -2.16. The van der Waals surface area contributed by atoms with Crippen LogP contribution in [0.4, 0.5) is 5.00 Å². The van der Waals surface area contributed by atoms with Gasteiger partial charge in [-0.25, -0.2) is 0 Å². The number of aryl methyl sites for hydroxylation is 1. The molecule has 25 heavy (non-hydrogen) atoms. The summed E-state index contributed by atoms with van der Waals surface area (Å²) in [5, 5.41) is 4.07. The van der Waals surface area contributed by atoms with Crippen LogP contribution in [0.3, 0.4) is 0 Å². The van der Waals surface area contributed by atoms with Crippen LogP contribution in [0.25, 0.3) is 0 Å². The maximum atomic E-state index is 12.5. The quantitative estimate of drug-likeness (QED) is 0.863. The molecule has 1 aromatic heterocycles. The van der Waals surface area contributed by atoms with Crippen LogP contribution in [0.2, 0.25) is 0 Å². The van der Waals surface area contributed by atoms with Crippen LogP contribution < -0.4 is 11.1 Å². The number of carbonyl (C=O) groups is 1. The van der Waals surface area contributed by atoms with Crippen molar-refractivity contribution in [1.29, 1.82) is 0 Å². The van der Waals surface area contributed by atoms with E-state index in [1.165, 1.54) is 21.6 Å². The van der Waals surface area contributed by atoms with Gasteiger partial charge in [-0.05, 0) is 49.9 Å². The van der Waals surface area contributed by atoms with Crippen molar-refractivity contribution in [1.82, 2.24) is 4.90 Å². The molecular formula is C20H27N3OS. The lowest BCUT2D eigenvalue weighted by molar-refractivity contribution is -0.117. The molecule has 0 aliphatic carbocycles. The predicted molar refractivity (Wildman–Crippen MR) is 105 cm³/mol. The number of amides is 1. The number of likely N-dealkylation sites (tertiary alicyclic amines) is 1. The number of hydrogen-bond acceptors (Lipinski definition) is 4. The first-order chi connectivity index (χ1) is 12.0. The highest BCUT2D eigenvalue weighted by atomic mass is 32.1. The molecule has 0 unspecified atom stereocenters. The Hall–Kier alpha value is -1.69. The molecular weight excluding hydrogens is 330 g/mol. The number of rotatable bonds is 5. The molecule has 4 nitrogen and oxygen atoms in total. The Kier molecular flexibility index (Phi) is 5.57. The van der Waals surface area contributed by atoms with Gasteiger partial charge in [0.25, 0.3) is 0 Å². The van der Waals surface area contributed by atoms with Crippen molar-refractivity contribution >= 4 is 22.2 Å². The van der Waals surface area contributed by atoms with Gasteiger partial charge in [-0.2, -0.15) is 0 Å². The molecule has 1 fully saturated rings. The number of thiophene rings is 1. The van der Waals surface area contributed by atoms with E-state index in [-0.39, 0.29) is 5.91 Å². The molecule has 3 rings (SSSR count). The maximum absolute atomic E-state index is 12.5. The summed E-state index contributed by atoms with van der Waals surface area (Å²) in [5.74, 6) is 0.879. The van der Waals surface area contributed by atoms with Crippen LogP contribution in [0, 0.1) is 26.7 Å². The molecule has 0 bridgehead atoms. The SMILES string of the molecule is Cc1sc(NC(=O)CN2C[C@@H](CN)[C@H](c3ccccc3)C2)c(C)c1C. The van der Waals surface area contributed by atoms with Gasteiger partial charge >= 0.3 is 0 Å². The van der Waals surface area contributed by atoms with E-state index in [2.05, 4.69) is 55.3 Å². The second-order valence-electron chi connectivity index (χ2n) is 6.99. The van der Waals surface area contributed by atoms with Crippen molar-refractivity contribution in [2.24, 2.45) is 11.7 Å². The van der Waals surface area contributed by atoms with Crippen molar-refractivity contribution in [2.45, 2.75) is 26.7 Å². The molecule has 5 heteroatoms. The minimum Gasteiger partial charge on any atom is -0.330 e. The minimum atomic E-state index is 0.0637. The third kappa shape index (κ3) is 3.94. The van der Waals surface area contributed by atoms with Gasteiger partial charge < -0.3 is 11.1 Å². The zero-order valence-corrected chi connectivity index (χ0v) is 16.0. The van der Waals surface area contributed by atoms with Crippen LogP contribution in [0.15, 0.2) is 30.3 Å². The molecule has 1 amide bonds. The van der Waals surface area contributed by atoms with Gasteiger partial charge in [0.15, 0.2) is 0 Å². The van der Waals surface area contributed by atoms with E-state index >= 15 is 0 Å². The Labute approximate surface area is 154 Å².